The van der Waals surface area contributed by atoms with Crippen LogP contribution in [0.15, 0.2) is 77.7 Å². The smallest absolute Gasteiger partial charge is 0.434 e. The molecule has 3 rings (SSSR count). The predicted molar refractivity (Wildman–Crippen MR) is 124 cm³/mol. The van der Waals surface area contributed by atoms with Gasteiger partial charge in [-0.25, -0.2) is 4.79 Å². The van der Waals surface area contributed by atoms with E-state index in [1.807, 2.05) is 50.2 Å². The third kappa shape index (κ3) is 5.73. The maximum absolute atomic E-state index is 12.7. The molecule has 3 aromatic rings. The number of amides is 1. The molecule has 0 radical (unpaired) electrons. The Balaban J connectivity index is 1.81. The van der Waals surface area contributed by atoms with Gasteiger partial charge in [0, 0.05) is 6.07 Å². The van der Waals surface area contributed by atoms with Crippen molar-refractivity contribution in [3.8, 4) is 0 Å². The fourth-order valence-electron chi connectivity index (χ4n) is 2.93. The summed E-state index contributed by atoms with van der Waals surface area (Å²) in [5.41, 5.74) is 0.609. The third-order valence-corrected chi connectivity index (χ3v) is 6.95. The molecular formula is C22H21Cl3NO2S+. The summed E-state index contributed by atoms with van der Waals surface area (Å²) < 4.78 is 6.72. The summed E-state index contributed by atoms with van der Waals surface area (Å²) in [6.07, 6.45) is -1.65. The van der Waals surface area contributed by atoms with Crippen molar-refractivity contribution in [3.05, 3.63) is 78.4 Å². The van der Waals surface area contributed by atoms with E-state index in [0.717, 1.165) is 15.7 Å². The van der Waals surface area contributed by atoms with Gasteiger partial charge in [0.1, 0.15) is 16.3 Å². The molecule has 0 bridgehead atoms. The molecule has 0 heterocycles. The van der Waals surface area contributed by atoms with Crippen molar-refractivity contribution in [2.24, 2.45) is 0 Å². The Labute approximate surface area is 188 Å². The summed E-state index contributed by atoms with van der Waals surface area (Å²) in [5, 5.41) is 2.42. The van der Waals surface area contributed by atoms with Gasteiger partial charge < -0.3 is 4.74 Å². The van der Waals surface area contributed by atoms with Crippen LogP contribution in [0.4, 0.5) is 4.79 Å². The number of alkyl halides is 3. The van der Waals surface area contributed by atoms with Gasteiger partial charge in [0.25, 0.3) is 0 Å². The predicted octanol–water partition coefficient (Wildman–Crippen LogP) is 6.98. The number of halogens is 3. The summed E-state index contributed by atoms with van der Waals surface area (Å²) in [4.78, 5) is 13.7. The number of hydrogen-bond donors (Lipinski definition) is 1. The monoisotopic (exact) mass is 468 g/mol. The van der Waals surface area contributed by atoms with Crippen LogP contribution in [-0.4, -0.2) is 15.1 Å². The average Bonchev–Trinajstić information content (AvgIpc) is 2.69. The van der Waals surface area contributed by atoms with Crippen LogP contribution in [0.3, 0.4) is 0 Å². The molecular weight excluding hydrogens is 449 g/mol. The Morgan fingerprint density at radius 2 is 1.55 bits per heavy atom. The maximum atomic E-state index is 12.7. The molecule has 0 spiro atoms. The number of fused-ring (bicyclic) bond motifs is 1. The van der Waals surface area contributed by atoms with E-state index in [4.69, 9.17) is 39.5 Å². The number of carbonyl (C=O) groups excluding carboxylic acids is 1. The Bertz CT molecular complexity index is 976. The molecule has 0 aromatic heterocycles. The van der Waals surface area contributed by atoms with Crippen molar-refractivity contribution in [1.29, 1.82) is 0 Å². The minimum absolute atomic E-state index is 0.159. The summed E-state index contributed by atoms with van der Waals surface area (Å²) >= 11 is 17.7. The van der Waals surface area contributed by atoms with Gasteiger partial charge in [-0.05, 0) is 42.3 Å². The quantitative estimate of drug-likeness (QED) is 0.323. The van der Waals surface area contributed by atoms with Crippen molar-refractivity contribution in [2.45, 2.75) is 33.9 Å². The Morgan fingerprint density at radius 3 is 2.17 bits per heavy atom. The number of benzene rings is 3. The lowest BCUT2D eigenvalue weighted by atomic mass is 10.1. The number of carbonyl (C=O) groups is 1. The number of nitrogens with one attached hydrogen (secondary N) is 1. The SMILES string of the molecule is CC(C)[S+](NC(=O)O[C@@H](c1ccccc1)C(Cl)(Cl)Cl)c1ccc2ccccc2c1. The molecule has 1 N–H and O–H groups in total. The van der Waals surface area contributed by atoms with Gasteiger partial charge in [-0.15, -0.1) is 4.72 Å². The zero-order valence-electron chi connectivity index (χ0n) is 15.9. The molecule has 0 saturated heterocycles. The largest absolute Gasteiger partial charge is 0.450 e. The Morgan fingerprint density at radius 1 is 0.931 bits per heavy atom. The average molecular weight is 470 g/mol. The molecule has 0 aliphatic rings. The van der Waals surface area contributed by atoms with Crippen LogP contribution in [0, 0.1) is 0 Å². The summed E-state index contributed by atoms with van der Waals surface area (Å²) in [5.74, 6) is 0. The maximum Gasteiger partial charge on any atom is 0.450 e. The lowest BCUT2D eigenvalue weighted by Crippen LogP contribution is -2.38. The molecule has 1 unspecified atom stereocenters. The van der Waals surface area contributed by atoms with Crippen molar-refractivity contribution in [2.75, 3.05) is 0 Å². The third-order valence-electron chi connectivity index (χ3n) is 4.26. The Hall–Kier alpha value is -1.59. The topological polar surface area (TPSA) is 38.3 Å². The molecule has 0 aliphatic carbocycles. The van der Waals surface area contributed by atoms with Crippen LogP contribution < -0.4 is 4.72 Å². The first-order valence-corrected chi connectivity index (χ1v) is 11.5. The van der Waals surface area contributed by atoms with Crippen LogP contribution in [0.5, 0.6) is 0 Å². The van der Waals surface area contributed by atoms with Crippen LogP contribution in [0.2, 0.25) is 0 Å². The van der Waals surface area contributed by atoms with Gasteiger partial charge in [-0.3, -0.25) is 0 Å². The second kappa shape index (κ2) is 9.48. The fraction of sp³-hybridized carbons (Fsp3) is 0.227. The zero-order chi connectivity index (χ0) is 21.0. The van der Waals surface area contributed by atoms with Crippen LogP contribution in [-0.2, 0) is 15.8 Å². The van der Waals surface area contributed by atoms with Gasteiger partial charge >= 0.3 is 6.09 Å². The first-order valence-electron chi connectivity index (χ1n) is 9.06. The van der Waals surface area contributed by atoms with Crippen molar-refractivity contribution < 1.29 is 9.53 Å². The fourth-order valence-corrected chi connectivity index (χ4v) is 5.03. The number of ether oxygens (including phenoxy) is 1. The van der Waals surface area contributed by atoms with E-state index in [0.29, 0.717) is 5.56 Å². The summed E-state index contributed by atoms with van der Waals surface area (Å²) in [7, 11) is 0. The van der Waals surface area contributed by atoms with Crippen LogP contribution >= 0.6 is 34.8 Å². The second-order valence-corrected chi connectivity index (χ2v) is 11.4. The number of rotatable bonds is 5. The van der Waals surface area contributed by atoms with Crippen LogP contribution in [0.1, 0.15) is 25.5 Å². The second-order valence-electron chi connectivity index (χ2n) is 6.74. The van der Waals surface area contributed by atoms with E-state index < -0.39 is 27.1 Å². The van der Waals surface area contributed by atoms with Gasteiger partial charge in [0.15, 0.2) is 11.0 Å². The summed E-state index contributed by atoms with van der Waals surface area (Å²) in [6, 6.07) is 23.2. The first-order chi connectivity index (χ1) is 13.8. The van der Waals surface area contributed by atoms with Crippen LogP contribution in [0.25, 0.3) is 10.8 Å². The van der Waals surface area contributed by atoms with Crippen molar-refractivity contribution in [1.82, 2.24) is 4.72 Å². The molecule has 2 atom stereocenters. The minimum atomic E-state index is -1.79. The highest BCUT2D eigenvalue weighted by molar-refractivity contribution is 7.96. The molecule has 152 valence electrons. The van der Waals surface area contributed by atoms with E-state index in [2.05, 4.69) is 16.9 Å². The van der Waals surface area contributed by atoms with Gasteiger partial charge in [-0.1, -0.05) is 89.4 Å². The minimum Gasteiger partial charge on any atom is -0.434 e. The molecule has 1 amide bonds. The highest BCUT2D eigenvalue weighted by Gasteiger charge is 2.39. The van der Waals surface area contributed by atoms with Crippen molar-refractivity contribution >= 4 is 62.7 Å². The standard InChI is InChI=1S/C22H20Cl3NO2S/c1-15(2)29(19-13-12-16-8-6-7-11-18(16)14-19)26-21(27)28-20(22(23,24)25)17-9-4-3-5-10-17/h3-15,20H,1-2H3/p+1/t20-,29?/m0/s1. The molecule has 3 nitrogen and oxygen atoms in total. The Kier molecular flexibility index (Phi) is 7.23. The van der Waals surface area contributed by atoms with E-state index in [1.54, 1.807) is 24.3 Å². The first kappa shape index (κ1) is 22.1. The lowest BCUT2D eigenvalue weighted by molar-refractivity contribution is 0.105. The number of hydrogen-bond acceptors (Lipinski definition) is 2. The highest BCUT2D eigenvalue weighted by atomic mass is 35.6. The summed E-state index contributed by atoms with van der Waals surface area (Å²) in [6.45, 7) is 4.09. The molecule has 29 heavy (non-hydrogen) atoms. The zero-order valence-corrected chi connectivity index (χ0v) is 19.0. The van der Waals surface area contributed by atoms with Crippen molar-refractivity contribution in [3.63, 3.8) is 0 Å². The van der Waals surface area contributed by atoms with Gasteiger partial charge in [0.2, 0.25) is 3.79 Å². The normalized spacial score (nSPS) is 13.9. The van der Waals surface area contributed by atoms with E-state index >= 15 is 0 Å². The van der Waals surface area contributed by atoms with E-state index in [1.165, 1.54) is 0 Å². The molecule has 7 heteroatoms. The molecule has 0 aliphatic heterocycles. The molecule has 0 saturated carbocycles. The van der Waals surface area contributed by atoms with E-state index in [9.17, 15) is 4.79 Å². The van der Waals surface area contributed by atoms with Gasteiger partial charge in [0.05, 0.1) is 0 Å². The van der Waals surface area contributed by atoms with Gasteiger partial charge in [-0.2, -0.15) is 0 Å². The molecule has 3 aromatic carbocycles. The highest BCUT2D eigenvalue weighted by Crippen LogP contribution is 2.42. The molecule has 0 fully saturated rings. The van der Waals surface area contributed by atoms with E-state index in [-0.39, 0.29) is 5.25 Å². The lowest BCUT2D eigenvalue weighted by Gasteiger charge is -2.24.